The topological polar surface area (TPSA) is 17.1 Å². The lowest BCUT2D eigenvalue weighted by Crippen LogP contribution is -2.12. The number of thioether (sulfide) groups is 1. The van der Waals surface area contributed by atoms with Crippen molar-refractivity contribution in [2.24, 2.45) is 5.92 Å². The number of carbonyl (C=O) groups excluding carboxylic acids is 1. The zero-order valence-corrected chi connectivity index (χ0v) is 10.5. The number of hydrogen-bond acceptors (Lipinski definition) is 2. The van der Waals surface area contributed by atoms with E-state index in [1.54, 1.807) is 12.1 Å². The van der Waals surface area contributed by atoms with Crippen LogP contribution in [0.2, 0.25) is 0 Å². The summed E-state index contributed by atoms with van der Waals surface area (Å²) in [5.74, 6) is 0.649. The molecule has 3 heteroatoms. The van der Waals surface area contributed by atoms with Gasteiger partial charge in [0.15, 0.2) is 0 Å². The Morgan fingerprint density at radius 3 is 2.56 bits per heavy atom. The minimum Gasteiger partial charge on any atom is -0.298 e. The van der Waals surface area contributed by atoms with Crippen LogP contribution in [0, 0.1) is 11.7 Å². The zero-order valence-electron chi connectivity index (χ0n) is 9.70. The lowest BCUT2D eigenvalue weighted by atomic mass is 10.0. The molecule has 0 radical (unpaired) electrons. The number of hydrogen-bond donors (Lipinski definition) is 0. The van der Waals surface area contributed by atoms with Crippen molar-refractivity contribution in [1.29, 1.82) is 0 Å². The Labute approximate surface area is 100 Å². The lowest BCUT2D eigenvalue weighted by Gasteiger charge is -2.08. The maximum Gasteiger partial charge on any atom is 0.145 e. The monoisotopic (exact) mass is 240 g/mol. The molecule has 1 atom stereocenters. The number of benzene rings is 1. The highest BCUT2D eigenvalue weighted by Crippen LogP contribution is 2.20. The molecule has 1 rings (SSSR count). The van der Waals surface area contributed by atoms with E-state index in [-0.39, 0.29) is 17.5 Å². The standard InChI is InChI=1S/C13H17FOS/c1-3-4-10(2)13(15)9-16-12-7-5-11(14)6-8-12/h5-8,10H,3-4,9H2,1-2H3. The van der Waals surface area contributed by atoms with Gasteiger partial charge >= 0.3 is 0 Å². The summed E-state index contributed by atoms with van der Waals surface area (Å²) in [7, 11) is 0. The SMILES string of the molecule is CCCC(C)C(=O)CSc1ccc(F)cc1. The average molecular weight is 240 g/mol. The van der Waals surface area contributed by atoms with Crippen LogP contribution in [0.15, 0.2) is 29.2 Å². The van der Waals surface area contributed by atoms with Gasteiger partial charge in [-0.15, -0.1) is 11.8 Å². The number of carbonyl (C=O) groups is 1. The number of Topliss-reactive ketones (excluding diaryl/α,β-unsaturated/α-hetero) is 1. The predicted molar refractivity (Wildman–Crippen MR) is 66.2 cm³/mol. The highest BCUT2D eigenvalue weighted by Gasteiger charge is 2.11. The predicted octanol–water partition coefficient (Wildman–Crippen LogP) is 3.92. The zero-order chi connectivity index (χ0) is 12.0. The van der Waals surface area contributed by atoms with Crippen LogP contribution in [0.1, 0.15) is 26.7 Å². The first-order chi connectivity index (χ1) is 7.63. The molecule has 0 spiro atoms. The van der Waals surface area contributed by atoms with E-state index in [0.717, 1.165) is 17.7 Å². The van der Waals surface area contributed by atoms with Crippen molar-refractivity contribution in [1.82, 2.24) is 0 Å². The Balaban J connectivity index is 2.39. The maximum absolute atomic E-state index is 12.6. The van der Waals surface area contributed by atoms with Crippen molar-refractivity contribution in [3.05, 3.63) is 30.1 Å². The molecule has 0 aliphatic carbocycles. The molecule has 1 aromatic rings. The van der Waals surface area contributed by atoms with E-state index in [9.17, 15) is 9.18 Å². The second kappa shape index (κ2) is 6.69. The highest BCUT2D eigenvalue weighted by molar-refractivity contribution is 8.00. The molecule has 0 aliphatic heterocycles. The van der Waals surface area contributed by atoms with Crippen molar-refractivity contribution in [3.8, 4) is 0 Å². The first-order valence-electron chi connectivity index (χ1n) is 5.54. The molecule has 1 aromatic carbocycles. The molecule has 1 nitrogen and oxygen atoms in total. The second-order valence-corrected chi connectivity index (χ2v) is 4.95. The van der Waals surface area contributed by atoms with Gasteiger partial charge in [-0.05, 0) is 30.7 Å². The van der Waals surface area contributed by atoms with E-state index in [2.05, 4.69) is 6.92 Å². The molecule has 0 saturated heterocycles. The van der Waals surface area contributed by atoms with Gasteiger partial charge in [-0.1, -0.05) is 20.3 Å². The smallest absolute Gasteiger partial charge is 0.145 e. The molecule has 0 N–H and O–H groups in total. The summed E-state index contributed by atoms with van der Waals surface area (Å²) in [6.07, 6.45) is 1.98. The van der Waals surface area contributed by atoms with Crippen molar-refractivity contribution in [2.75, 3.05) is 5.75 Å². The van der Waals surface area contributed by atoms with Crippen LogP contribution in [0.4, 0.5) is 4.39 Å². The van der Waals surface area contributed by atoms with Gasteiger partial charge in [0.25, 0.3) is 0 Å². The third-order valence-electron chi connectivity index (χ3n) is 2.47. The third-order valence-corrected chi connectivity index (χ3v) is 3.50. The fourth-order valence-corrected chi connectivity index (χ4v) is 2.34. The van der Waals surface area contributed by atoms with Gasteiger partial charge in [0.2, 0.25) is 0 Å². The van der Waals surface area contributed by atoms with Crippen LogP contribution >= 0.6 is 11.8 Å². The minimum absolute atomic E-state index is 0.137. The summed E-state index contributed by atoms with van der Waals surface area (Å²) in [5.41, 5.74) is 0. The van der Waals surface area contributed by atoms with Gasteiger partial charge in [0.05, 0.1) is 5.75 Å². The second-order valence-electron chi connectivity index (χ2n) is 3.90. The fourth-order valence-electron chi connectivity index (χ4n) is 1.42. The van der Waals surface area contributed by atoms with E-state index in [0.29, 0.717) is 5.75 Å². The Hall–Kier alpha value is -0.830. The highest BCUT2D eigenvalue weighted by atomic mass is 32.2. The molecule has 0 aliphatic rings. The maximum atomic E-state index is 12.6. The van der Waals surface area contributed by atoms with Gasteiger partial charge in [-0.25, -0.2) is 4.39 Å². The van der Waals surface area contributed by atoms with Gasteiger partial charge in [0, 0.05) is 10.8 Å². The van der Waals surface area contributed by atoms with Crippen LogP contribution in [0.25, 0.3) is 0 Å². The number of ketones is 1. The summed E-state index contributed by atoms with van der Waals surface area (Å²) in [6.45, 7) is 4.05. The van der Waals surface area contributed by atoms with Crippen LogP contribution in [0.5, 0.6) is 0 Å². The van der Waals surface area contributed by atoms with Crippen molar-refractivity contribution in [2.45, 2.75) is 31.6 Å². The molecule has 0 fully saturated rings. The van der Waals surface area contributed by atoms with Crippen molar-refractivity contribution in [3.63, 3.8) is 0 Å². The van der Waals surface area contributed by atoms with E-state index >= 15 is 0 Å². The average Bonchev–Trinajstić information content (AvgIpc) is 2.28. The Bertz CT molecular complexity index is 334. The Kier molecular flexibility index (Phi) is 5.53. The molecule has 0 heterocycles. The number of halogens is 1. The Morgan fingerprint density at radius 2 is 2.00 bits per heavy atom. The Morgan fingerprint density at radius 1 is 1.38 bits per heavy atom. The van der Waals surface area contributed by atoms with E-state index in [1.807, 2.05) is 6.92 Å². The van der Waals surface area contributed by atoms with Crippen LogP contribution in [0.3, 0.4) is 0 Å². The molecular formula is C13H17FOS. The summed E-state index contributed by atoms with van der Waals surface area (Å²) < 4.78 is 12.6. The van der Waals surface area contributed by atoms with Crippen LogP contribution < -0.4 is 0 Å². The molecule has 1 unspecified atom stereocenters. The summed E-state index contributed by atoms with van der Waals surface area (Å²) >= 11 is 1.48. The molecule has 0 aromatic heterocycles. The van der Waals surface area contributed by atoms with Gasteiger partial charge in [-0.2, -0.15) is 0 Å². The first kappa shape index (κ1) is 13.2. The van der Waals surface area contributed by atoms with Gasteiger partial charge < -0.3 is 0 Å². The molecular weight excluding hydrogens is 223 g/mol. The molecule has 16 heavy (non-hydrogen) atoms. The molecule has 0 amide bonds. The van der Waals surface area contributed by atoms with E-state index < -0.39 is 0 Å². The summed E-state index contributed by atoms with van der Waals surface area (Å²) in [5, 5.41) is 0. The van der Waals surface area contributed by atoms with Crippen molar-refractivity contribution >= 4 is 17.5 Å². The quantitative estimate of drug-likeness (QED) is 0.701. The fraction of sp³-hybridized carbons (Fsp3) is 0.462. The van der Waals surface area contributed by atoms with Gasteiger partial charge in [0.1, 0.15) is 11.6 Å². The largest absolute Gasteiger partial charge is 0.298 e. The third kappa shape index (κ3) is 4.35. The lowest BCUT2D eigenvalue weighted by molar-refractivity contribution is -0.120. The van der Waals surface area contributed by atoms with E-state index in [4.69, 9.17) is 0 Å². The van der Waals surface area contributed by atoms with Crippen LogP contribution in [-0.4, -0.2) is 11.5 Å². The molecule has 0 saturated carbocycles. The molecule has 88 valence electrons. The minimum atomic E-state index is -0.241. The number of rotatable bonds is 6. The normalized spacial score (nSPS) is 12.4. The van der Waals surface area contributed by atoms with Crippen LogP contribution in [-0.2, 0) is 4.79 Å². The first-order valence-corrected chi connectivity index (χ1v) is 6.53. The van der Waals surface area contributed by atoms with Gasteiger partial charge in [-0.3, -0.25) is 4.79 Å². The molecule has 0 bridgehead atoms. The summed E-state index contributed by atoms with van der Waals surface area (Å²) in [6, 6.07) is 6.25. The van der Waals surface area contributed by atoms with Crippen molar-refractivity contribution < 1.29 is 9.18 Å². The summed E-state index contributed by atoms with van der Waals surface area (Å²) in [4.78, 5) is 12.6. The van der Waals surface area contributed by atoms with E-state index in [1.165, 1.54) is 23.9 Å².